The smallest absolute Gasteiger partial charge is 0.128 e. The van der Waals surface area contributed by atoms with Crippen molar-refractivity contribution in [1.29, 1.82) is 5.26 Å². The minimum Gasteiger partial charge on any atom is -0.373 e. The second kappa shape index (κ2) is 6.51. The van der Waals surface area contributed by atoms with Crippen LogP contribution >= 0.6 is 0 Å². The summed E-state index contributed by atoms with van der Waals surface area (Å²) in [5, 5.41) is 8.79. The van der Waals surface area contributed by atoms with Crippen molar-refractivity contribution in [3.63, 3.8) is 0 Å². The summed E-state index contributed by atoms with van der Waals surface area (Å²) in [4.78, 5) is 0. The molecule has 0 radical (unpaired) electrons. The Balaban J connectivity index is 1.94. The highest BCUT2D eigenvalue weighted by molar-refractivity contribution is 5.33. The number of halogens is 1. The molecule has 1 aromatic carbocycles. The Morgan fingerprint density at radius 2 is 1.94 bits per heavy atom. The highest BCUT2D eigenvalue weighted by atomic mass is 19.1. The van der Waals surface area contributed by atoms with Gasteiger partial charge >= 0.3 is 0 Å². The molecular weight excluding hydrogens is 229 g/mol. The largest absolute Gasteiger partial charge is 0.373 e. The Morgan fingerprint density at radius 1 is 1.22 bits per heavy atom. The lowest BCUT2D eigenvalue weighted by atomic mass is 10.1. The molecule has 18 heavy (non-hydrogen) atoms. The van der Waals surface area contributed by atoms with E-state index in [-0.39, 0.29) is 18.5 Å². The fourth-order valence-electron chi connectivity index (χ4n) is 2.37. The first-order valence-corrected chi connectivity index (χ1v) is 6.60. The van der Waals surface area contributed by atoms with Gasteiger partial charge in [0.1, 0.15) is 5.82 Å². The van der Waals surface area contributed by atoms with E-state index >= 15 is 0 Å². The van der Waals surface area contributed by atoms with Crippen molar-refractivity contribution in [2.75, 3.05) is 0 Å². The van der Waals surface area contributed by atoms with Crippen LogP contribution in [0, 0.1) is 17.1 Å². The van der Waals surface area contributed by atoms with E-state index in [2.05, 4.69) is 0 Å². The van der Waals surface area contributed by atoms with Gasteiger partial charge in [0.15, 0.2) is 0 Å². The summed E-state index contributed by atoms with van der Waals surface area (Å²) < 4.78 is 19.3. The molecule has 96 valence electrons. The summed E-state index contributed by atoms with van der Waals surface area (Å²) >= 11 is 0. The molecule has 0 saturated heterocycles. The van der Waals surface area contributed by atoms with Crippen LogP contribution in [0.2, 0.25) is 0 Å². The standard InChI is InChI=1S/C15H18FNO/c16-15-8-7-12(10-17)9-13(15)11-18-14-5-3-1-2-4-6-14/h7-9,14H,1-6,11H2. The van der Waals surface area contributed by atoms with E-state index in [0.29, 0.717) is 11.1 Å². The molecule has 3 heteroatoms. The lowest BCUT2D eigenvalue weighted by molar-refractivity contribution is 0.0295. The predicted molar refractivity (Wildman–Crippen MR) is 67.4 cm³/mol. The van der Waals surface area contributed by atoms with E-state index < -0.39 is 0 Å². The van der Waals surface area contributed by atoms with Gasteiger partial charge in [-0.15, -0.1) is 0 Å². The van der Waals surface area contributed by atoms with E-state index in [1.807, 2.05) is 6.07 Å². The maximum absolute atomic E-state index is 13.6. The normalized spacial score (nSPS) is 17.1. The number of nitriles is 1. The molecule has 0 N–H and O–H groups in total. The average Bonchev–Trinajstić information content (AvgIpc) is 2.66. The Labute approximate surface area is 107 Å². The van der Waals surface area contributed by atoms with E-state index in [4.69, 9.17) is 10.00 Å². The zero-order valence-corrected chi connectivity index (χ0v) is 10.5. The molecule has 0 spiro atoms. The molecule has 2 nitrogen and oxygen atoms in total. The second-order valence-corrected chi connectivity index (χ2v) is 4.84. The van der Waals surface area contributed by atoms with Crippen molar-refractivity contribution in [3.8, 4) is 6.07 Å². The number of nitrogens with zero attached hydrogens (tertiary/aromatic N) is 1. The average molecular weight is 247 g/mol. The van der Waals surface area contributed by atoms with Gasteiger partial charge in [0.25, 0.3) is 0 Å². The first-order valence-electron chi connectivity index (χ1n) is 6.60. The molecule has 2 rings (SSSR count). The number of benzene rings is 1. The van der Waals surface area contributed by atoms with Gasteiger partial charge in [-0.1, -0.05) is 25.7 Å². The van der Waals surface area contributed by atoms with E-state index in [0.717, 1.165) is 12.8 Å². The zero-order chi connectivity index (χ0) is 12.8. The van der Waals surface area contributed by atoms with Gasteiger partial charge in [0, 0.05) is 5.56 Å². The number of ether oxygens (including phenoxy) is 1. The lowest BCUT2D eigenvalue weighted by Gasteiger charge is -2.15. The van der Waals surface area contributed by atoms with E-state index in [1.54, 1.807) is 6.07 Å². The number of rotatable bonds is 3. The van der Waals surface area contributed by atoms with Gasteiger partial charge in [-0.3, -0.25) is 0 Å². The molecule has 0 atom stereocenters. The number of hydrogen-bond donors (Lipinski definition) is 0. The lowest BCUT2D eigenvalue weighted by Crippen LogP contribution is -2.12. The molecule has 1 saturated carbocycles. The summed E-state index contributed by atoms with van der Waals surface area (Å²) in [6, 6.07) is 6.42. The Kier molecular flexibility index (Phi) is 4.72. The molecule has 0 bridgehead atoms. The van der Waals surface area contributed by atoms with Gasteiger partial charge < -0.3 is 4.74 Å². The molecule has 0 heterocycles. The molecule has 1 aromatic rings. The van der Waals surface area contributed by atoms with Crippen LogP contribution in [0.4, 0.5) is 4.39 Å². The van der Waals surface area contributed by atoms with Gasteiger partial charge in [0.05, 0.1) is 24.3 Å². The van der Waals surface area contributed by atoms with Crippen molar-refractivity contribution in [2.24, 2.45) is 0 Å². The summed E-state index contributed by atoms with van der Waals surface area (Å²) in [5.41, 5.74) is 0.967. The van der Waals surface area contributed by atoms with Crippen LogP contribution in [-0.4, -0.2) is 6.10 Å². The van der Waals surface area contributed by atoms with Crippen LogP contribution in [0.5, 0.6) is 0 Å². The van der Waals surface area contributed by atoms with Gasteiger partial charge in [-0.25, -0.2) is 4.39 Å². The third-order valence-electron chi connectivity index (χ3n) is 3.45. The molecule has 0 amide bonds. The van der Waals surface area contributed by atoms with Crippen LogP contribution in [0.15, 0.2) is 18.2 Å². The van der Waals surface area contributed by atoms with Gasteiger partial charge in [-0.2, -0.15) is 5.26 Å². The number of hydrogen-bond acceptors (Lipinski definition) is 2. The quantitative estimate of drug-likeness (QED) is 0.758. The summed E-state index contributed by atoms with van der Waals surface area (Å²) in [7, 11) is 0. The van der Waals surface area contributed by atoms with Gasteiger partial charge in [0.2, 0.25) is 0 Å². The minimum atomic E-state index is -0.289. The Hall–Kier alpha value is -1.40. The van der Waals surface area contributed by atoms with Crippen LogP contribution in [0.25, 0.3) is 0 Å². The minimum absolute atomic E-state index is 0.248. The maximum Gasteiger partial charge on any atom is 0.128 e. The maximum atomic E-state index is 13.6. The van der Waals surface area contributed by atoms with Crippen LogP contribution in [0.1, 0.15) is 49.7 Å². The molecular formula is C15H18FNO. The summed E-state index contributed by atoms with van der Waals surface area (Å²) in [6.07, 6.45) is 7.34. The predicted octanol–water partition coefficient (Wildman–Crippen LogP) is 3.94. The monoisotopic (exact) mass is 247 g/mol. The summed E-state index contributed by atoms with van der Waals surface area (Å²) in [5.74, 6) is -0.289. The zero-order valence-electron chi connectivity index (χ0n) is 10.5. The van der Waals surface area contributed by atoms with Crippen molar-refractivity contribution in [1.82, 2.24) is 0 Å². The van der Waals surface area contributed by atoms with E-state index in [9.17, 15) is 4.39 Å². The fraction of sp³-hybridized carbons (Fsp3) is 0.533. The highest BCUT2D eigenvalue weighted by Crippen LogP contribution is 2.21. The molecule has 0 aliphatic heterocycles. The van der Waals surface area contributed by atoms with Crippen molar-refractivity contribution >= 4 is 0 Å². The summed E-state index contributed by atoms with van der Waals surface area (Å²) in [6.45, 7) is 0.270. The SMILES string of the molecule is N#Cc1ccc(F)c(COC2CCCCCC2)c1. The molecule has 1 aliphatic carbocycles. The van der Waals surface area contributed by atoms with E-state index in [1.165, 1.54) is 37.8 Å². The Morgan fingerprint density at radius 3 is 2.61 bits per heavy atom. The van der Waals surface area contributed by atoms with Gasteiger partial charge in [-0.05, 0) is 31.0 Å². The van der Waals surface area contributed by atoms with Crippen molar-refractivity contribution in [2.45, 2.75) is 51.2 Å². The van der Waals surface area contributed by atoms with Crippen molar-refractivity contribution < 1.29 is 9.13 Å². The molecule has 0 unspecified atom stereocenters. The van der Waals surface area contributed by atoms with Crippen LogP contribution in [-0.2, 0) is 11.3 Å². The topological polar surface area (TPSA) is 33.0 Å². The van der Waals surface area contributed by atoms with Crippen LogP contribution < -0.4 is 0 Å². The van der Waals surface area contributed by atoms with Crippen LogP contribution in [0.3, 0.4) is 0 Å². The molecule has 1 aliphatic rings. The van der Waals surface area contributed by atoms with Crippen molar-refractivity contribution in [3.05, 3.63) is 35.1 Å². The second-order valence-electron chi connectivity index (χ2n) is 4.84. The Bertz CT molecular complexity index is 431. The first-order chi connectivity index (χ1) is 8.79. The first kappa shape index (κ1) is 13.0. The third-order valence-corrected chi connectivity index (χ3v) is 3.45. The molecule has 1 fully saturated rings. The molecule has 0 aromatic heterocycles. The highest BCUT2D eigenvalue weighted by Gasteiger charge is 2.13. The fourth-order valence-corrected chi connectivity index (χ4v) is 2.37. The third kappa shape index (κ3) is 3.54.